The van der Waals surface area contributed by atoms with Crippen molar-refractivity contribution in [2.24, 2.45) is 5.92 Å². The summed E-state index contributed by atoms with van der Waals surface area (Å²) in [7, 11) is 0. The van der Waals surface area contributed by atoms with E-state index < -0.39 is 0 Å². The highest BCUT2D eigenvalue weighted by atomic mass is 79.9. The average molecular weight is 224 g/mol. The first-order chi connectivity index (χ1) is 5.77. The van der Waals surface area contributed by atoms with Gasteiger partial charge in [-0.1, -0.05) is 0 Å². The molecule has 62 valence electrons. The van der Waals surface area contributed by atoms with E-state index in [9.17, 15) is 0 Å². The maximum atomic E-state index is 3.44. The number of hydrogen-bond donors (Lipinski definition) is 0. The Labute approximate surface area is 82.1 Å². The molecule has 0 spiro atoms. The Morgan fingerprint density at radius 3 is 2.33 bits per heavy atom. The van der Waals surface area contributed by atoms with Gasteiger partial charge in [-0.05, 0) is 28.8 Å². The molecule has 0 unspecified atom stereocenters. The van der Waals surface area contributed by atoms with E-state index in [0.29, 0.717) is 0 Å². The quantitative estimate of drug-likeness (QED) is 0.670. The zero-order valence-electron chi connectivity index (χ0n) is 7.18. The topological polar surface area (TPSA) is 0 Å². The Morgan fingerprint density at radius 2 is 1.83 bits per heavy atom. The van der Waals surface area contributed by atoms with Crippen molar-refractivity contribution in [2.45, 2.75) is 19.8 Å². The molecule has 1 aliphatic carbocycles. The molecule has 1 aromatic rings. The van der Waals surface area contributed by atoms with Crippen LogP contribution in [0, 0.1) is 11.8 Å². The van der Waals surface area contributed by atoms with Crippen molar-refractivity contribution in [1.82, 2.24) is 0 Å². The summed E-state index contributed by atoms with van der Waals surface area (Å²) < 4.78 is 1.16. The predicted molar refractivity (Wildman–Crippen MR) is 54.9 cm³/mol. The minimum Gasteiger partial charge on any atom is -0.0483 e. The van der Waals surface area contributed by atoms with E-state index >= 15 is 0 Å². The fourth-order valence-electron chi connectivity index (χ4n) is 1.46. The third-order valence-electron chi connectivity index (χ3n) is 2.49. The van der Waals surface area contributed by atoms with Crippen molar-refractivity contribution in [3.63, 3.8) is 0 Å². The van der Waals surface area contributed by atoms with E-state index in [-0.39, 0.29) is 0 Å². The first kappa shape index (κ1) is 8.18. The molecule has 0 aromatic heterocycles. The van der Waals surface area contributed by atoms with E-state index in [1.165, 1.54) is 18.4 Å². The number of rotatable bonds is 2. The molecular weight excluding hydrogens is 212 g/mol. The second kappa shape index (κ2) is 3.14. The van der Waals surface area contributed by atoms with Crippen LogP contribution in [0.3, 0.4) is 0 Å². The summed E-state index contributed by atoms with van der Waals surface area (Å²) in [4.78, 5) is 0. The van der Waals surface area contributed by atoms with Crippen LogP contribution < -0.4 is 0 Å². The molecule has 1 heteroatoms. The summed E-state index contributed by atoms with van der Waals surface area (Å²) >= 11 is 3.44. The van der Waals surface area contributed by atoms with Gasteiger partial charge in [-0.2, -0.15) is 0 Å². The Morgan fingerprint density at radius 1 is 1.25 bits per heavy atom. The van der Waals surface area contributed by atoms with Gasteiger partial charge < -0.3 is 0 Å². The molecular formula is C11H12Br+. The SMILES string of the molecule is C[C+](c1ccc(Br)cc1)C1CC1. The van der Waals surface area contributed by atoms with Gasteiger partial charge in [-0.3, -0.25) is 0 Å². The highest BCUT2D eigenvalue weighted by Gasteiger charge is 2.34. The number of benzene rings is 1. The van der Waals surface area contributed by atoms with Gasteiger partial charge in [0.25, 0.3) is 0 Å². The second-order valence-corrected chi connectivity index (χ2v) is 4.38. The van der Waals surface area contributed by atoms with E-state index in [4.69, 9.17) is 0 Å². The van der Waals surface area contributed by atoms with Crippen molar-refractivity contribution in [1.29, 1.82) is 0 Å². The maximum absolute atomic E-state index is 3.44. The lowest BCUT2D eigenvalue weighted by Crippen LogP contribution is -1.95. The first-order valence-corrected chi connectivity index (χ1v) is 5.16. The van der Waals surface area contributed by atoms with Crippen LogP contribution in [-0.4, -0.2) is 0 Å². The molecule has 1 aliphatic rings. The van der Waals surface area contributed by atoms with Gasteiger partial charge in [-0.15, -0.1) is 0 Å². The molecule has 2 rings (SSSR count). The Balaban J connectivity index is 2.16. The van der Waals surface area contributed by atoms with Crippen LogP contribution in [-0.2, 0) is 0 Å². The number of halogens is 1. The standard InChI is InChI=1S/C11H12Br/c1-8(9-2-3-9)10-4-6-11(12)7-5-10/h4-7,9H,2-3H2,1H3/q+1. The average Bonchev–Trinajstić information content (AvgIpc) is 2.87. The lowest BCUT2D eigenvalue weighted by Gasteiger charge is -2.01. The van der Waals surface area contributed by atoms with Crippen LogP contribution in [0.25, 0.3) is 0 Å². The van der Waals surface area contributed by atoms with Crippen LogP contribution in [0.5, 0.6) is 0 Å². The lowest BCUT2D eigenvalue weighted by atomic mass is 9.97. The van der Waals surface area contributed by atoms with Crippen LogP contribution in [0.1, 0.15) is 25.3 Å². The fourth-order valence-corrected chi connectivity index (χ4v) is 1.73. The van der Waals surface area contributed by atoms with Gasteiger partial charge in [0.05, 0.1) is 0 Å². The van der Waals surface area contributed by atoms with Gasteiger partial charge in [0, 0.05) is 47.5 Å². The summed E-state index contributed by atoms with van der Waals surface area (Å²) in [6, 6.07) is 8.61. The highest BCUT2D eigenvalue weighted by molar-refractivity contribution is 9.10. The highest BCUT2D eigenvalue weighted by Crippen LogP contribution is 2.41. The molecule has 0 atom stereocenters. The van der Waals surface area contributed by atoms with E-state index in [0.717, 1.165) is 10.4 Å². The van der Waals surface area contributed by atoms with Crippen molar-refractivity contribution in [3.8, 4) is 0 Å². The first-order valence-electron chi connectivity index (χ1n) is 4.37. The third kappa shape index (κ3) is 1.66. The fraction of sp³-hybridized carbons (Fsp3) is 0.364. The van der Waals surface area contributed by atoms with Crippen molar-refractivity contribution < 1.29 is 0 Å². The lowest BCUT2D eigenvalue weighted by molar-refractivity contribution is 0.876. The molecule has 0 radical (unpaired) electrons. The summed E-state index contributed by atoms with van der Waals surface area (Å²) in [6.45, 7) is 2.25. The molecule has 1 aromatic carbocycles. The Kier molecular flexibility index (Phi) is 2.14. The summed E-state index contributed by atoms with van der Waals surface area (Å²) in [5.41, 5.74) is 1.40. The molecule has 12 heavy (non-hydrogen) atoms. The molecule has 0 heterocycles. The molecule has 0 nitrogen and oxygen atoms in total. The van der Waals surface area contributed by atoms with Crippen molar-refractivity contribution in [3.05, 3.63) is 40.2 Å². The smallest absolute Gasteiger partial charge is 0.0483 e. The van der Waals surface area contributed by atoms with Crippen LogP contribution in [0.15, 0.2) is 28.7 Å². The summed E-state index contributed by atoms with van der Waals surface area (Å²) in [6.07, 6.45) is 2.78. The molecule has 1 fully saturated rings. The van der Waals surface area contributed by atoms with Gasteiger partial charge in [0.2, 0.25) is 0 Å². The normalized spacial score (nSPS) is 16.2. The van der Waals surface area contributed by atoms with E-state index in [1.807, 2.05) is 0 Å². The molecule has 1 saturated carbocycles. The van der Waals surface area contributed by atoms with Gasteiger partial charge >= 0.3 is 0 Å². The minimum atomic E-state index is 0.881. The third-order valence-corrected chi connectivity index (χ3v) is 3.02. The molecule has 0 bridgehead atoms. The number of hydrogen-bond acceptors (Lipinski definition) is 0. The Hall–Kier alpha value is -0.430. The van der Waals surface area contributed by atoms with Crippen LogP contribution in [0.2, 0.25) is 0 Å². The van der Waals surface area contributed by atoms with E-state index in [2.05, 4.69) is 47.1 Å². The monoisotopic (exact) mass is 223 g/mol. The van der Waals surface area contributed by atoms with Crippen LogP contribution in [0.4, 0.5) is 0 Å². The van der Waals surface area contributed by atoms with Crippen LogP contribution >= 0.6 is 15.9 Å². The van der Waals surface area contributed by atoms with E-state index in [1.54, 1.807) is 5.92 Å². The van der Waals surface area contributed by atoms with Gasteiger partial charge in [-0.25, -0.2) is 0 Å². The van der Waals surface area contributed by atoms with Crippen molar-refractivity contribution in [2.75, 3.05) is 0 Å². The predicted octanol–water partition coefficient (Wildman–Crippen LogP) is 3.80. The zero-order valence-corrected chi connectivity index (χ0v) is 8.76. The maximum Gasteiger partial charge on any atom is 0.132 e. The van der Waals surface area contributed by atoms with Crippen molar-refractivity contribution >= 4 is 15.9 Å². The molecule has 0 saturated heterocycles. The summed E-state index contributed by atoms with van der Waals surface area (Å²) in [5, 5.41) is 0. The molecule has 0 N–H and O–H groups in total. The molecule has 0 aliphatic heterocycles. The zero-order chi connectivity index (χ0) is 8.55. The van der Waals surface area contributed by atoms with Gasteiger partial charge in [0.15, 0.2) is 0 Å². The minimum absolute atomic E-state index is 0.881. The second-order valence-electron chi connectivity index (χ2n) is 3.46. The Bertz CT molecular complexity index is 259. The largest absolute Gasteiger partial charge is 0.132 e. The van der Waals surface area contributed by atoms with Gasteiger partial charge in [0.1, 0.15) is 5.56 Å². The summed E-state index contributed by atoms with van der Waals surface area (Å²) in [5.74, 6) is 2.44. The molecule has 0 amide bonds.